The summed E-state index contributed by atoms with van der Waals surface area (Å²) in [4.78, 5) is 18.2. The van der Waals surface area contributed by atoms with Gasteiger partial charge in [-0.1, -0.05) is 17.7 Å². The molecule has 112 valence electrons. The van der Waals surface area contributed by atoms with Gasteiger partial charge in [0.15, 0.2) is 0 Å². The number of aryl methyl sites for hydroxylation is 1. The molecule has 2 aromatic heterocycles. The maximum absolute atomic E-state index is 13.7. The van der Waals surface area contributed by atoms with Crippen molar-refractivity contribution in [3.63, 3.8) is 0 Å². The number of hydrogen-bond acceptors (Lipinski definition) is 4. The van der Waals surface area contributed by atoms with Crippen molar-refractivity contribution in [2.45, 2.75) is 6.92 Å². The summed E-state index contributed by atoms with van der Waals surface area (Å²) in [6.45, 7) is 1.76. The molecule has 0 atom stereocenters. The maximum atomic E-state index is 13.7. The highest BCUT2D eigenvalue weighted by Crippen LogP contribution is 2.31. The van der Waals surface area contributed by atoms with E-state index in [2.05, 4.69) is 10.3 Å². The Kier molecular flexibility index (Phi) is 4.24. The smallest absolute Gasteiger partial charge is 0.267 e. The van der Waals surface area contributed by atoms with Crippen LogP contribution >= 0.6 is 34.3 Å². The second-order valence-electron chi connectivity index (χ2n) is 4.49. The average molecular weight is 353 g/mol. The van der Waals surface area contributed by atoms with Crippen LogP contribution in [-0.4, -0.2) is 10.9 Å². The quantitative estimate of drug-likeness (QED) is 0.701. The Bertz CT molecular complexity index is 830. The molecule has 22 heavy (non-hydrogen) atoms. The van der Waals surface area contributed by atoms with E-state index in [1.54, 1.807) is 18.3 Å². The predicted octanol–water partition coefficient (Wildman–Crippen LogP) is 5.22. The van der Waals surface area contributed by atoms with Crippen LogP contribution in [-0.2, 0) is 0 Å². The van der Waals surface area contributed by atoms with E-state index in [-0.39, 0.29) is 11.6 Å². The number of thiophene rings is 1. The molecule has 2 heterocycles. The zero-order chi connectivity index (χ0) is 15.7. The van der Waals surface area contributed by atoms with Crippen LogP contribution in [0.5, 0.6) is 0 Å². The molecule has 1 amide bonds. The molecule has 3 aromatic rings. The maximum Gasteiger partial charge on any atom is 0.267 e. The minimum absolute atomic E-state index is 0.0583. The SMILES string of the molecule is Cc1nc(-c2cccs2)sc1C(=O)Nc1cc(Cl)ccc1F. The minimum atomic E-state index is -0.529. The Morgan fingerprint density at radius 3 is 2.91 bits per heavy atom. The summed E-state index contributed by atoms with van der Waals surface area (Å²) in [5, 5.41) is 5.63. The number of nitrogens with zero attached hydrogens (tertiary/aromatic N) is 1. The first-order valence-corrected chi connectivity index (χ1v) is 8.39. The van der Waals surface area contributed by atoms with Gasteiger partial charge < -0.3 is 5.32 Å². The van der Waals surface area contributed by atoms with Crippen molar-refractivity contribution >= 4 is 45.9 Å². The molecule has 3 nitrogen and oxygen atoms in total. The van der Waals surface area contributed by atoms with E-state index in [9.17, 15) is 9.18 Å². The van der Waals surface area contributed by atoms with E-state index >= 15 is 0 Å². The molecular weight excluding hydrogens is 343 g/mol. The summed E-state index contributed by atoms with van der Waals surface area (Å²) < 4.78 is 13.7. The van der Waals surface area contributed by atoms with Gasteiger partial charge in [-0.3, -0.25) is 4.79 Å². The van der Waals surface area contributed by atoms with E-state index in [0.29, 0.717) is 15.6 Å². The number of carbonyl (C=O) groups excluding carboxylic acids is 1. The Labute approximate surface area is 139 Å². The van der Waals surface area contributed by atoms with Crippen LogP contribution in [0.15, 0.2) is 35.7 Å². The number of halogens is 2. The summed E-state index contributed by atoms with van der Waals surface area (Å²) in [6, 6.07) is 7.90. The van der Waals surface area contributed by atoms with Gasteiger partial charge in [-0.05, 0) is 36.6 Å². The van der Waals surface area contributed by atoms with Crippen molar-refractivity contribution in [1.29, 1.82) is 0 Å². The fourth-order valence-corrected chi connectivity index (χ4v) is 3.82. The Hall–Kier alpha value is -1.76. The lowest BCUT2D eigenvalue weighted by atomic mass is 10.3. The number of carbonyl (C=O) groups is 1. The second kappa shape index (κ2) is 6.16. The normalized spacial score (nSPS) is 10.7. The molecule has 0 bridgehead atoms. The van der Waals surface area contributed by atoms with Crippen molar-refractivity contribution in [2.24, 2.45) is 0 Å². The van der Waals surface area contributed by atoms with Gasteiger partial charge in [0, 0.05) is 5.02 Å². The third kappa shape index (κ3) is 3.04. The highest BCUT2D eigenvalue weighted by molar-refractivity contribution is 7.22. The van der Waals surface area contributed by atoms with E-state index in [0.717, 1.165) is 9.88 Å². The van der Waals surface area contributed by atoms with Gasteiger partial charge in [0.25, 0.3) is 5.91 Å². The fraction of sp³-hybridized carbons (Fsp3) is 0.0667. The number of benzene rings is 1. The summed E-state index contributed by atoms with van der Waals surface area (Å²) in [5.41, 5.74) is 0.677. The van der Waals surface area contributed by atoms with Crippen LogP contribution in [0.4, 0.5) is 10.1 Å². The zero-order valence-electron chi connectivity index (χ0n) is 11.4. The minimum Gasteiger partial charge on any atom is -0.319 e. The number of thiazole rings is 1. The van der Waals surface area contributed by atoms with Crippen molar-refractivity contribution in [3.05, 3.63) is 57.1 Å². The lowest BCUT2D eigenvalue weighted by Gasteiger charge is -2.05. The van der Waals surface area contributed by atoms with Gasteiger partial charge in [-0.25, -0.2) is 9.37 Å². The van der Waals surface area contributed by atoms with Crippen molar-refractivity contribution in [3.8, 4) is 9.88 Å². The van der Waals surface area contributed by atoms with E-state index < -0.39 is 5.82 Å². The van der Waals surface area contributed by atoms with Gasteiger partial charge in [0.05, 0.1) is 16.3 Å². The van der Waals surface area contributed by atoms with Gasteiger partial charge in [0.2, 0.25) is 0 Å². The van der Waals surface area contributed by atoms with Gasteiger partial charge in [-0.15, -0.1) is 22.7 Å². The monoisotopic (exact) mass is 352 g/mol. The third-order valence-electron chi connectivity index (χ3n) is 2.91. The molecule has 0 unspecified atom stereocenters. The highest BCUT2D eigenvalue weighted by Gasteiger charge is 2.18. The molecule has 1 aromatic carbocycles. The summed E-state index contributed by atoms with van der Waals surface area (Å²) in [6.07, 6.45) is 0. The number of hydrogen-bond donors (Lipinski definition) is 1. The highest BCUT2D eigenvalue weighted by atomic mass is 35.5. The van der Waals surface area contributed by atoms with Crippen LogP contribution in [0.1, 0.15) is 15.4 Å². The molecule has 0 fully saturated rings. The molecule has 0 saturated carbocycles. The molecule has 0 radical (unpaired) electrons. The molecule has 0 aliphatic heterocycles. The second-order valence-corrected chi connectivity index (χ2v) is 6.87. The van der Waals surface area contributed by atoms with E-state index in [1.165, 1.54) is 29.5 Å². The Morgan fingerprint density at radius 2 is 2.18 bits per heavy atom. The van der Waals surface area contributed by atoms with E-state index in [1.807, 2.05) is 17.5 Å². The summed E-state index contributed by atoms with van der Waals surface area (Å²) in [5.74, 6) is -0.919. The Balaban J connectivity index is 1.88. The summed E-state index contributed by atoms with van der Waals surface area (Å²) >= 11 is 8.67. The van der Waals surface area contributed by atoms with Gasteiger partial charge >= 0.3 is 0 Å². The predicted molar refractivity (Wildman–Crippen MR) is 89.5 cm³/mol. The van der Waals surface area contributed by atoms with Crippen LogP contribution in [0.3, 0.4) is 0 Å². The number of aromatic nitrogens is 1. The third-order valence-corrected chi connectivity index (χ3v) is 5.34. The topological polar surface area (TPSA) is 42.0 Å². The van der Waals surface area contributed by atoms with Gasteiger partial charge in [0.1, 0.15) is 15.7 Å². The lowest BCUT2D eigenvalue weighted by Crippen LogP contribution is -2.12. The molecule has 0 aliphatic carbocycles. The first-order valence-electron chi connectivity index (χ1n) is 6.32. The van der Waals surface area contributed by atoms with E-state index in [4.69, 9.17) is 11.6 Å². The molecule has 7 heteroatoms. The van der Waals surface area contributed by atoms with Crippen LogP contribution < -0.4 is 5.32 Å². The molecule has 0 spiro atoms. The van der Waals surface area contributed by atoms with Crippen molar-refractivity contribution < 1.29 is 9.18 Å². The number of amides is 1. The number of nitrogens with one attached hydrogen (secondary N) is 1. The average Bonchev–Trinajstić information content (AvgIpc) is 3.11. The zero-order valence-corrected chi connectivity index (χ0v) is 13.8. The van der Waals surface area contributed by atoms with Crippen LogP contribution in [0.2, 0.25) is 5.02 Å². The summed E-state index contributed by atoms with van der Waals surface area (Å²) in [7, 11) is 0. The molecule has 0 saturated heterocycles. The molecule has 1 N–H and O–H groups in total. The van der Waals surface area contributed by atoms with Gasteiger partial charge in [-0.2, -0.15) is 0 Å². The fourth-order valence-electron chi connectivity index (χ4n) is 1.89. The van der Waals surface area contributed by atoms with Crippen LogP contribution in [0, 0.1) is 12.7 Å². The molecule has 0 aliphatic rings. The van der Waals surface area contributed by atoms with Crippen molar-refractivity contribution in [1.82, 2.24) is 4.98 Å². The lowest BCUT2D eigenvalue weighted by molar-refractivity contribution is 0.102. The molecular formula is C15H10ClFN2OS2. The standard InChI is InChI=1S/C15H10ClFN2OS2/c1-8-13(22-15(18-8)12-3-2-6-21-12)14(20)19-11-7-9(16)4-5-10(11)17/h2-7H,1H3,(H,19,20). The van der Waals surface area contributed by atoms with Crippen LogP contribution in [0.25, 0.3) is 9.88 Å². The number of anilines is 1. The number of rotatable bonds is 3. The Morgan fingerprint density at radius 1 is 1.36 bits per heavy atom. The largest absolute Gasteiger partial charge is 0.319 e. The first-order chi connectivity index (χ1) is 10.5. The van der Waals surface area contributed by atoms with Crippen molar-refractivity contribution in [2.75, 3.05) is 5.32 Å². The molecule has 3 rings (SSSR count). The first kappa shape index (κ1) is 15.1.